The van der Waals surface area contributed by atoms with Gasteiger partial charge in [0.25, 0.3) is 5.91 Å². The zero-order valence-corrected chi connectivity index (χ0v) is 20.4. The molecule has 36 heavy (non-hydrogen) atoms. The maximum Gasteiger partial charge on any atom is 0.409 e. The molecular formula is C27H26FN3O5. The summed E-state index contributed by atoms with van der Waals surface area (Å²) in [5.41, 5.74) is 0.494. The highest BCUT2D eigenvalue weighted by Crippen LogP contribution is 2.30. The fourth-order valence-electron chi connectivity index (χ4n) is 3.78. The van der Waals surface area contributed by atoms with Crippen molar-refractivity contribution in [1.29, 1.82) is 0 Å². The highest BCUT2D eigenvalue weighted by atomic mass is 19.1. The zero-order valence-electron chi connectivity index (χ0n) is 20.4. The van der Waals surface area contributed by atoms with Crippen LogP contribution >= 0.6 is 0 Å². The molecule has 4 rings (SSSR count). The van der Waals surface area contributed by atoms with Crippen molar-refractivity contribution in [3.05, 3.63) is 89.1 Å². The predicted octanol–water partition coefficient (Wildman–Crippen LogP) is 4.86. The number of nitrogens with one attached hydrogen (secondary N) is 1. The smallest absolute Gasteiger partial charge is 0.409 e. The number of amides is 2. The molecule has 8 nitrogen and oxygen atoms in total. The number of hydrogen-bond donors (Lipinski definition) is 1. The second kappa shape index (κ2) is 9.77. The fraction of sp³-hybridized carbons (Fsp3) is 0.259. The van der Waals surface area contributed by atoms with Crippen LogP contribution in [-0.4, -0.2) is 35.3 Å². The Morgan fingerprint density at radius 2 is 1.72 bits per heavy atom. The van der Waals surface area contributed by atoms with Crippen molar-refractivity contribution >= 4 is 29.2 Å². The number of halogens is 1. The van der Waals surface area contributed by atoms with Crippen LogP contribution in [0.2, 0.25) is 0 Å². The molecule has 1 aromatic heterocycles. The standard InChI is InChI=1S/C27H26FN3O5/c1-16(32)22-14-13-17(35-22)15-31-21-12-8-6-10-19(21)23(18-9-5-7-11-20(18)28)29-24(25(31)33)30-26(34)36-27(2,3)4/h5-14,24H,15H2,1-4H3,(H,30,34). The Balaban J connectivity index is 1.82. The van der Waals surface area contributed by atoms with E-state index in [9.17, 15) is 18.8 Å². The lowest BCUT2D eigenvalue weighted by Crippen LogP contribution is -2.48. The third kappa shape index (κ3) is 5.35. The van der Waals surface area contributed by atoms with E-state index in [0.29, 0.717) is 17.0 Å². The minimum Gasteiger partial charge on any atom is -0.456 e. The van der Waals surface area contributed by atoms with Crippen LogP contribution in [0.1, 0.15) is 55.1 Å². The van der Waals surface area contributed by atoms with Crippen molar-refractivity contribution in [2.24, 2.45) is 4.99 Å². The molecule has 3 aromatic rings. The van der Waals surface area contributed by atoms with Crippen LogP contribution in [0.3, 0.4) is 0 Å². The van der Waals surface area contributed by atoms with Crippen LogP contribution in [0, 0.1) is 5.82 Å². The number of anilines is 1. The molecule has 2 heterocycles. The molecule has 1 unspecified atom stereocenters. The Kier molecular flexibility index (Phi) is 6.74. The number of ether oxygens (including phenoxy) is 1. The Labute approximate surface area is 207 Å². The Morgan fingerprint density at radius 1 is 1.06 bits per heavy atom. The first-order valence-corrected chi connectivity index (χ1v) is 11.4. The molecule has 1 N–H and O–H groups in total. The van der Waals surface area contributed by atoms with Crippen molar-refractivity contribution in [2.45, 2.75) is 46.0 Å². The molecule has 0 radical (unpaired) electrons. The summed E-state index contributed by atoms with van der Waals surface area (Å²) in [7, 11) is 0. The minimum absolute atomic E-state index is 0.0459. The molecule has 0 saturated carbocycles. The van der Waals surface area contributed by atoms with E-state index < -0.39 is 29.6 Å². The van der Waals surface area contributed by atoms with Gasteiger partial charge in [0.05, 0.1) is 17.9 Å². The molecule has 0 aliphatic carbocycles. The zero-order chi connectivity index (χ0) is 26.0. The van der Waals surface area contributed by atoms with Crippen molar-refractivity contribution < 1.29 is 27.9 Å². The van der Waals surface area contributed by atoms with Gasteiger partial charge in [0.1, 0.15) is 17.2 Å². The summed E-state index contributed by atoms with van der Waals surface area (Å²) in [6.07, 6.45) is -2.26. The van der Waals surface area contributed by atoms with Crippen LogP contribution < -0.4 is 10.2 Å². The number of furan rings is 1. The normalized spacial score (nSPS) is 15.6. The number of rotatable bonds is 5. The number of benzene rings is 2. The van der Waals surface area contributed by atoms with Gasteiger partial charge in [-0.1, -0.05) is 30.3 Å². The molecule has 0 saturated heterocycles. The Morgan fingerprint density at radius 3 is 2.36 bits per heavy atom. The summed E-state index contributed by atoms with van der Waals surface area (Å²) in [6, 6.07) is 16.1. The van der Waals surface area contributed by atoms with E-state index in [0.717, 1.165) is 0 Å². The van der Waals surface area contributed by atoms with Gasteiger partial charge in [0, 0.05) is 18.1 Å². The van der Waals surface area contributed by atoms with Gasteiger partial charge in [-0.05, 0) is 51.1 Å². The average Bonchev–Trinajstić information content (AvgIpc) is 3.25. The fourth-order valence-corrected chi connectivity index (χ4v) is 3.78. The first-order chi connectivity index (χ1) is 17.0. The quantitative estimate of drug-likeness (QED) is 0.514. The molecule has 186 valence electrons. The number of para-hydroxylation sites is 1. The van der Waals surface area contributed by atoms with E-state index >= 15 is 0 Å². The van der Waals surface area contributed by atoms with Crippen LogP contribution in [0.15, 0.2) is 70.1 Å². The lowest BCUT2D eigenvalue weighted by molar-refractivity contribution is -0.120. The van der Waals surface area contributed by atoms with Crippen molar-refractivity contribution in [2.75, 3.05) is 4.90 Å². The van der Waals surface area contributed by atoms with Crippen LogP contribution in [0.4, 0.5) is 14.9 Å². The van der Waals surface area contributed by atoms with Crippen LogP contribution in [-0.2, 0) is 16.1 Å². The second-order valence-electron chi connectivity index (χ2n) is 9.27. The number of hydrogen-bond acceptors (Lipinski definition) is 6. The molecule has 1 atom stereocenters. The van der Waals surface area contributed by atoms with Gasteiger partial charge >= 0.3 is 6.09 Å². The second-order valence-corrected chi connectivity index (χ2v) is 9.27. The van der Waals surface area contributed by atoms with Crippen molar-refractivity contribution in [3.63, 3.8) is 0 Å². The van der Waals surface area contributed by atoms with E-state index in [1.165, 1.54) is 24.0 Å². The van der Waals surface area contributed by atoms with Gasteiger partial charge < -0.3 is 14.1 Å². The third-order valence-electron chi connectivity index (χ3n) is 5.31. The molecule has 1 aliphatic heterocycles. The number of alkyl carbamates (subject to hydrolysis) is 1. The lowest BCUT2D eigenvalue weighted by Gasteiger charge is -2.25. The monoisotopic (exact) mass is 491 g/mol. The number of carbonyl (C=O) groups excluding carboxylic acids is 3. The number of ketones is 1. The van der Waals surface area contributed by atoms with Crippen LogP contribution in [0.25, 0.3) is 0 Å². The Bertz CT molecular complexity index is 1360. The highest BCUT2D eigenvalue weighted by Gasteiger charge is 2.35. The number of benzodiazepines with no additional fused rings is 1. The average molecular weight is 492 g/mol. The van der Waals surface area contributed by atoms with E-state index in [-0.39, 0.29) is 29.4 Å². The molecule has 0 spiro atoms. The first-order valence-electron chi connectivity index (χ1n) is 11.4. The summed E-state index contributed by atoms with van der Waals surface area (Å²) in [4.78, 5) is 44.0. The lowest BCUT2D eigenvalue weighted by atomic mass is 9.99. The predicted molar refractivity (Wildman–Crippen MR) is 132 cm³/mol. The number of nitrogens with zero attached hydrogens (tertiary/aromatic N) is 2. The topological polar surface area (TPSA) is 101 Å². The highest BCUT2D eigenvalue weighted by molar-refractivity contribution is 6.20. The summed E-state index contributed by atoms with van der Waals surface area (Å²) in [5.74, 6) is -0.847. The van der Waals surface area contributed by atoms with Gasteiger partial charge in [-0.15, -0.1) is 0 Å². The molecule has 1 aliphatic rings. The summed E-state index contributed by atoms with van der Waals surface area (Å²) >= 11 is 0. The summed E-state index contributed by atoms with van der Waals surface area (Å²) in [6.45, 7) is 6.42. The number of carbonyl (C=O) groups is 3. The number of aliphatic imine (C=N–C) groups is 1. The third-order valence-corrected chi connectivity index (χ3v) is 5.31. The molecule has 0 fully saturated rings. The molecule has 9 heteroatoms. The first kappa shape index (κ1) is 24.8. The maximum absolute atomic E-state index is 14.9. The molecule has 2 aromatic carbocycles. The van der Waals surface area contributed by atoms with Crippen molar-refractivity contribution in [1.82, 2.24) is 5.32 Å². The van der Waals surface area contributed by atoms with E-state index in [4.69, 9.17) is 9.15 Å². The minimum atomic E-state index is -1.41. The molecule has 0 bridgehead atoms. The van der Waals surface area contributed by atoms with E-state index in [2.05, 4.69) is 10.3 Å². The summed E-state index contributed by atoms with van der Waals surface area (Å²) in [5, 5.41) is 2.51. The molecule has 2 amide bonds. The maximum atomic E-state index is 14.9. The number of Topliss-reactive ketones (excluding diaryl/α,β-unsaturated/α-hetero) is 1. The van der Waals surface area contributed by atoms with Crippen LogP contribution in [0.5, 0.6) is 0 Å². The van der Waals surface area contributed by atoms with Gasteiger partial charge in [-0.3, -0.25) is 14.9 Å². The van der Waals surface area contributed by atoms with E-state index in [1.807, 2.05) is 0 Å². The Hall–Kier alpha value is -4.27. The number of fused-ring (bicyclic) bond motifs is 1. The van der Waals surface area contributed by atoms with Gasteiger partial charge in [0.2, 0.25) is 6.17 Å². The SMILES string of the molecule is CC(=O)c1ccc(CN2C(=O)C(NC(=O)OC(C)(C)C)N=C(c3ccccc3F)c3ccccc32)o1. The largest absolute Gasteiger partial charge is 0.456 e. The van der Waals surface area contributed by atoms with Gasteiger partial charge in [-0.25, -0.2) is 14.2 Å². The van der Waals surface area contributed by atoms with Gasteiger partial charge in [0.15, 0.2) is 11.5 Å². The van der Waals surface area contributed by atoms with E-state index in [1.54, 1.807) is 69.3 Å². The van der Waals surface area contributed by atoms with Crippen molar-refractivity contribution in [3.8, 4) is 0 Å². The molecular weight excluding hydrogens is 465 g/mol. The summed E-state index contributed by atoms with van der Waals surface area (Å²) < 4.78 is 25.8. The van der Waals surface area contributed by atoms with Gasteiger partial charge in [-0.2, -0.15) is 0 Å².